The lowest BCUT2D eigenvalue weighted by Crippen LogP contribution is -2.22. The van der Waals surface area contributed by atoms with Gasteiger partial charge in [0.2, 0.25) is 0 Å². The van der Waals surface area contributed by atoms with Gasteiger partial charge >= 0.3 is 0 Å². The molecular weight excluding hydrogens is 136 g/mol. The maximum atomic E-state index is 4.43. The van der Waals surface area contributed by atoms with Crippen molar-refractivity contribution in [1.29, 1.82) is 0 Å². The topological polar surface area (TPSA) is 27.0 Å². The highest BCUT2D eigenvalue weighted by Gasteiger charge is 2.16. The maximum Gasteiger partial charge on any atom is 0.0485 e. The van der Waals surface area contributed by atoms with Crippen molar-refractivity contribution in [2.45, 2.75) is 19.4 Å². The summed E-state index contributed by atoms with van der Waals surface area (Å²) < 4.78 is 0. The number of fused-ring (bicyclic) bond motifs is 1. The second-order valence-electron chi connectivity index (χ2n) is 2.87. The molecule has 0 saturated carbocycles. The fraction of sp³-hybridized carbons (Fsp3) is 0.444. The van der Waals surface area contributed by atoms with Gasteiger partial charge in [-0.15, -0.1) is 0 Å². The van der Waals surface area contributed by atoms with Crippen LogP contribution in [0.3, 0.4) is 0 Å². The van der Waals surface area contributed by atoms with Gasteiger partial charge in [0.15, 0.2) is 0 Å². The van der Waals surface area contributed by atoms with Crippen molar-refractivity contribution in [3.05, 3.63) is 29.6 Å². The number of pyridine rings is 1. The quantitative estimate of drug-likeness (QED) is 0.543. The molecule has 1 atom stereocenters. The summed E-state index contributed by atoms with van der Waals surface area (Å²) in [4.78, 5) is 4.31. The number of hydrogen-bond acceptors (Lipinski definition) is 1. The molecule has 0 N–H and O–H groups in total. The smallest absolute Gasteiger partial charge is 0.0485 e. The van der Waals surface area contributed by atoms with Gasteiger partial charge in [-0.05, 0) is 18.6 Å². The molecule has 1 aliphatic rings. The molecule has 0 aromatic carbocycles. The number of rotatable bonds is 0. The second-order valence-corrected chi connectivity index (χ2v) is 2.87. The normalized spacial score (nSPS) is 22.8. The molecule has 2 rings (SSSR count). The number of aromatic nitrogens is 1. The van der Waals surface area contributed by atoms with Crippen LogP contribution in [-0.4, -0.2) is 11.5 Å². The first-order valence-electron chi connectivity index (χ1n) is 3.98. The zero-order valence-electron chi connectivity index (χ0n) is 6.62. The van der Waals surface area contributed by atoms with Crippen molar-refractivity contribution < 1.29 is 0 Å². The first-order chi connectivity index (χ1) is 5.38. The number of nitrogens with zero attached hydrogens (tertiary/aromatic N) is 2. The molecule has 1 aromatic heterocycles. The molecule has 2 nitrogen and oxygen atoms in total. The standard InChI is InChI=1S/C9H11N2/c1-7-8-3-2-5-11-9(8)4-6-10-7/h2-3,5,7H,4,6H2,1H3. The van der Waals surface area contributed by atoms with Gasteiger partial charge in [0.1, 0.15) is 0 Å². The highest BCUT2D eigenvalue weighted by molar-refractivity contribution is 5.25. The predicted molar refractivity (Wildman–Crippen MR) is 43.4 cm³/mol. The van der Waals surface area contributed by atoms with E-state index < -0.39 is 0 Å². The first kappa shape index (κ1) is 6.80. The molecule has 1 aromatic rings. The van der Waals surface area contributed by atoms with Gasteiger partial charge in [-0.1, -0.05) is 6.07 Å². The fourth-order valence-corrected chi connectivity index (χ4v) is 1.50. The van der Waals surface area contributed by atoms with Crippen LogP contribution in [-0.2, 0) is 6.42 Å². The second kappa shape index (κ2) is 2.62. The Balaban J connectivity index is 2.44. The van der Waals surface area contributed by atoms with Crippen LogP contribution in [0.1, 0.15) is 24.2 Å². The van der Waals surface area contributed by atoms with Crippen molar-refractivity contribution in [3.8, 4) is 0 Å². The molecule has 0 amide bonds. The van der Waals surface area contributed by atoms with Gasteiger partial charge in [-0.2, -0.15) is 0 Å². The Bertz CT molecular complexity index is 257. The Labute approximate surface area is 66.7 Å². The minimum absolute atomic E-state index is 0.354. The molecule has 0 fully saturated rings. The lowest BCUT2D eigenvalue weighted by molar-refractivity contribution is 0.520. The van der Waals surface area contributed by atoms with Crippen LogP contribution in [0, 0.1) is 0 Å². The van der Waals surface area contributed by atoms with Crippen molar-refractivity contribution in [2.24, 2.45) is 0 Å². The summed E-state index contributed by atoms with van der Waals surface area (Å²) in [6.45, 7) is 3.06. The van der Waals surface area contributed by atoms with Gasteiger partial charge < -0.3 is 0 Å². The van der Waals surface area contributed by atoms with E-state index in [1.165, 1.54) is 11.3 Å². The van der Waals surface area contributed by atoms with E-state index in [9.17, 15) is 0 Å². The van der Waals surface area contributed by atoms with Crippen LogP contribution in [0.2, 0.25) is 0 Å². The highest BCUT2D eigenvalue weighted by Crippen LogP contribution is 2.20. The van der Waals surface area contributed by atoms with E-state index in [4.69, 9.17) is 0 Å². The third-order valence-corrected chi connectivity index (χ3v) is 2.13. The maximum absolute atomic E-state index is 4.43. The van der Waals surface area contributed by atoms with Crippen LogP contribution in [0.25, 0.3) is 0 Å². The third-order valence-electron chi connectivity index (χ3n) is 2.13. The van der Waals surface area contributed by atoms with Gasteiger partial charge in [0.05, 0.1) is 0 Å². The van der Waals surface area contributed by atoms with E-state index in [1.54, 1.807) is 0 Å². The molecule has 1 radical (unpaired) electrons. The average molecular weight is 147 g/mol. The van der Waals surface area contributed by atoms with Crippen molar-refractivity contribution in [2.75, 3.05) is 6.54 Å². The lowest BCUT2D eigenvalue weighted by Gasteiger charge is -2.20. The third kappa shape index (κ3) is 1.14. The zero-order valence-corrected chi connectivity index (χ0v) is 6.62. The molecule has 2 heteroatoms. The number of hydrogen-bond donors (Lipinski definition) is 0. The summed E-state index contributed by atoms with van der Waals surface area (Å²) >= 11 is 0. The van der Waals surface area contributed by atoms with Crippen LogP contribution >= 0.6 is 0 Å². The summed E-state index contributed by atoms with van der Waals surface area (Å²) in [5, 5.41) is 4.43. The van der Waals surface area contributed by atoms with Crippen LogP contribution in [0.4, 0.5) is 0 Å². The monoisotopic (exact) mass is 147 g/mol. The minimum atomic E-state index is 0.354. The zero-order chi connectivity index (χ0) is 7.68. The molecule has 2 heterocycles. The molecule has 1 aliphatic heterocycles. The SMILES string of the molecule is CC1[N]CCc2ncccc21. The van der Waals surface area contributed by atoms with Gasteiger partial charge in [0.25, 0.3) is 0 Å². The van der Waals surface area contributed by atoms with Crippen LogP contribution in [0.5, 0.6) is 0 Å². The summed E-state index contributed by atoms with van der Waals surface area (Å²) in [6, 6.07) is 4.46. The van der Waals surface area contributed by atoms with Crippen molar-refractivity contribution in [1.82, 2.24) is 10.3 Å². The summed E-state index contributed by atoms with van der Waals surface area (Å²) in [5.41, 5.74) is 2.54. The summed E-state index contributed by atoms with van der Waals surface area (Å²) in [5.74, 6) is 0. The molecule has 1 unspecified atom stereocenters. The van der Waals surface area contributed by atoms with Crippen molar-refractivity contribution >= 4 is 0 Å². The average Bonchev–Trinajstić information content (AvgIpc) is 2.06. The lowest BCUT2D eigenvalue weighted by atomic mass is 10.0. The molecule has 11 heavy (non-hydrogen) atoms. The van der Waals surface area contributed by atoms with Crippen LogP contribution < -0.4 is 5.32 Å². The van der Waals surface area contributed by atoms with Gasteiger partial charge in [-0.3, -0.25) is 4.98 Å². The Morgan fingerprint density at radius 1 is 1.55 bits per heavy atom. The molecule has 0 spiro atoms. The Morgan fingerprint density at radius 3 is 3.27 bits per heavy atom. The molecular formula is C9H11N2. The molecule has 0 aliphatic carbocycles. The van der Waals surface area contributed by atoms with Crippen LogP contribution in [0.15, 0.2) is 18.3 Å². The summed E-state index contributed by atoms with van der Waals surface area (Å²) in [7, 11) is 0. The van der Waals surface area contributed by atoms with E-state index in [1.807, 2.05) is 12.3 Å². The van der Waals surface area contributed by atoms with E-state index in [0.29, 0.717) is 6.04 Å². The fourth-order valence-electron chi connectivity index (χ4n) is 1.50. The first-order valence-corrected chi connectivity index (χ1v) is 3.98. The van der Waals surface area contributed by atoms with E-state index in [2.05, 4.69) is 23.3 Å². The van der Waals surface area contributed by atoms with E-state index >= 15 is 0 Å². The Kier molecular flexibility index (Phi) is 1.62. The van der Waals surface area contributed by atoms with Crippen molar-refractivity contribution in [3.63, 3.8) is 0 Å². The van der Waals surface area contributed by atoms with E-state index in [-0.39, 0.29) is 0 Å². The highest BCUT2D eigenvalue weighted by atomic mass is 14.9. The predicted octanol–water partition coefficient (Wildman–Crippen LogP) is 1.30. The Hall–Kier alpha value is -0.890. The van der Waals surface area contributed by atoms with Gasteiger partial charge in [-0.25, -0.2) is 5.32 Å². The molecule has 0 bridgehead atoms. The largest absolute Gasteiger partial charge is 0.261 e. The molecule has 0 saturated heterocycles. The minimum Gasteiger partial charge on any atom is -0.261 e. The van der Waals surface area contributed by atoms with E-state index in [0.717, 1.165) is 13.0 Å². The van der Waals surface area contributed by atoms with Gasteiger partial charge in [0, 0.05) is 30.9 Å². The summed E-state index contributed by atoms with van der Waals surface area (Å²) in [6.07, 6.45) is 2.87. The molecule has 57 valence electrons. The Morgan fingerprint density at radius 2 is 2.45 bits per heavy atom.